The van der Waals surface area contributed by atoms with Gasteiger partial charge in [0.1, 0.15) is 12.4 Å². The highest BCUT2D eigenvalue weighted by molar-refractivity contribution is 5.71. The molecule has 0 unspecified atom stereocenters. The van der Waals surface area contributed by atoms with Gasteiger partial charge in [0, 0.05) is 5.69 Å². The first-order valence-electron chi connectivity index (χ1n) is 6.33. The fourth-order valence-corrected chi connectivity index (χ4v) is 1.60. The van der Waals surface area contributed by atoms with Crippen LogP contribution >= 0.6 is 0 Å². The normalized spacial score (nSPS) is 10.1. The number of rotatable bonds is 5. The third-order valence-corrected chi connectivity index (χ3v) is 2.76. The number of aryl methyl sites for hydroxylation is 1. The van der Waals surface area contributed by atoms with Crippen molar-refractivity contribution in [1.82, 2.24) is 0 Å². The molecule has 0 bridgehead atoms. The van der Waals surface area contributed by atoms with Crippen LogP contribution in [-0.2, 0) is 16.1 Å². The van der Waals surface area contributed by atoms with Crippen LogP contribution in [0.2, 0.25) is 0 Å². The molecule has 0 saturated carbocycles. The fraction of sp³-hybridized carbons (Fsp3) is 0.188. The Kier molecular flexibility index (Phi) is 4.60. The second kappa shape index (κ2) is 6.61. The molecule has 0 aliphatic rings. The van der Waals surface area contributed by atoms with E-state index >= 15 is 0 Å². The number of nitrogen functional groups attached to an aromatic ring is 1. The molecule has 0 amide bonds. The van der Waals surface area contributed by atoms with Gasteiger partial charge >= 0.3 is 5.97 Å². The summed E-state index contributed by atoms with van der Waals surface area (Å²) in [5.74, 6) is 0.189. The molecule has 0 spiro atoms. The van der Waals surface area contributed by atoms with Crippen molar-refractivity contribution in [3.8, 4) is 5.75 Å². The number of anilines is 1. The maximum absolute atomic E-state index is 11.6. The van der Waals surface area contributed by atoms with Crippen molar-refractivity contribution in [2.75, 3.05) is 12.3 Å². The number of carbonyl (C=O) groups is 1. The maximum atomic E-state index is 11.6. The average Bonchev–Trinajstić information content (AvgIpc) is 2.46. The molecule has 104 valence electrons. The van der Waals surface area contributed by atoms with Crippen LogP contribution in [0.4, 0.5) is 5.69 Å². The predicted octanol–water partition coefficient (Wildman–Crippen LogP) is 2.70. The van der Waals surface area contributed by atoms with Gasteiger partial charge < -0.3 is 15.2 Å². The zero-order chi connectivity index (χ0) is 14.4. The molecule has 0 fully saturated rings. The minimum absolute atomic E-state index is 0.115. The van der Waals surface area contributed by atoms with Crippen molar-refractivity contribution in [3.63, 3.8) is 0 Å². The van der Waals surface area contributed by atoms with Crippen molar-refractivity contribution in [2.24, 2.45) is 0 Å². The van der Waals surface area contributed by atoms with E-state index in [-0.39, 0.29) is 13.2 Å². The van der Waals surface area contributed by atoms with Gasteiger partial charge in [0.05, 0.1) is 0 Å². The van der Waals surface area contributed by atoms with Gasteiger partial charge in [-0.2, -0.15) is 0 Å². The van der Waals surface area contributed by atoms with Crippen LogP contribution < -0.4 is 10.5 Å². The van der Waals surface area contributed by atoms with Crippen LogP contribution in [-0.4, -0.2) is 12.6 Å². The van der Waals surface area contributed by atoms with Crippen molar-refractivity contribution >= 4 is 11.7 Å². The Bertz CT molecular complexity index is 510. The lowest BCUT2D eigenvalue weighted by molar-refractivity contribution is -0.147. The van der Waals surface area contributed by atoms with E-state index < -0.39 is 5.97 Å². The largest absolute Gasteiger partial charge is 0.482 e. The Labute approximate surface area is 118 Å². The SMILES string of the molecule is Cc1ccc(COC(=O)COc2ccc(N)cc2)cc1. The summed E-state index contributed by atoms with van der Waals surface area (Å²) < 4.78 is 10.4. The summed E-state index contributed by atoms with van der Waals surface area (Å²) in [5.41, 5.74) is 8.34. The second-order valence-corrected chi connectivity index (χ2v) is 4.50. The zero-order valence-corrected chi connectivity index (χ0v) is 11.3. The van der Waals surface area contributed by atoms with Crippen LogP contribution in [0.5, 0.6) is 5.75 Å². The van der Waals surface area contributed by atoms with E-state index in [2.05, 4.69) is 0 Å². The van der Waals surface area contributed by atoms with Gasteiger partial charge in [0.2, 0.25) is 0 Å². The first-order valence-corrected chi connectivity index (χ1v) is 6.33. The number of esters is 1. The van der Waals surface area contributed by atoms with E-state index in [0.717, 1.165) is 5.56 Å². The summed E-state index contributed by atoms with van der Waals surface area (Å²) in [6.07, 6.45) is 0. The minimum Gasteiger partial charge on any atom is -0.482 e. The molecule has 0 aromatic heterocycles. The minimum atomic E-state index is -0.401. The van der Waals surface area contributed by atoms with E-state index in [1.807, 2.05) is 31.2 Å². The molecule has 0 aliphatic heterocycles. The Hall–Kier alpha value is -2.49. The van der Waals surface area contributed by atoms with Crippen molar-refractivity contribution in [1.29, 1.82) is 0 Å². The van der Waals surface area contributed by atoms with Gasteiger partial charge in [0.25, 0.3) is 0 Å². The fourth-order valence-electron chi connectivity index (χ4n) is 1.60. The molecule has 20 heavy (non-hydrogen) atoms. The highest BCUT2D eigenvalue weighted by Crippen LogP contribution is 2.13. The van der Waals surface area contributed by atoms with Crippen molar-refractivity contribution < 1.29 is 14.3 Å². The zero-order valence-electron chi connectivity index (χ0n) is 11.3. The topological polar surface area (TPSA) is 61.5 Å². The van der Waals surface area contributed by atoms with Gasteiger partial charge in [-0.15, -0.1) is 0 Å². The number of carbonyl (C=O) groups excluding carboxylic acids is 1. The van der Waals surface area contributed by atoms with Crippen molar-refractivity contribution in [3.05, 3.63) is 59.7 Å². The summed E-state index contributed by atoms with van der Waals surface area (Å²) >= 11 is 0. The molecular formula is C16H17NO3. The summed E-state index contributed by atoms with van der Waals surface area (Å²) in [6.45, 7) is 2.15. The van der Waals surface area contributed by atoms with Crippen LogP contribution in [0.1, 0.15) is 11.1 Å². The molecule has 2 aromatic rings. The Balaban J connectivity index is 1.75. The standard InChI is InChI=1S/C16H17NO3/c1-12-2-4-13(5-3-12)10-20-16(18)11-19-15-8-6-14(17)7-9-15/h2-9H,10-11,17H2,1H3. The lowest BCUT2D eigenvalue weighted by atomic mass is 10.2. The monoisotopic (exact) mass is 271 g/mol. The summed E-state index contributed by atoms with van der Waals surface area (Å²) in [6, 6.07) is 14.7. The van der Waals surface area contributed by atoms with E-state index in [1.165, 1.54) is 5.56 Å². The maximum Gasteiger partial charge on any atom is 0.344 e. The van der Waals surface area contributed by atoms with Crippen LogP contribution in [0.15, 0.2) is 48.5 Å². The lowest BCUT2D eigenvalue weighted by Crippen LogP contribution is -2.14. The lowest BCUT2D eigenvalue weighted by Gasteiger charge is -2.07. The van der Waals surface area contributed by atoms with E-state index in [9.17, 15) is 4.79 Å². The van der Waals surface area contributed by atoms with Gasteiger partial charge in [-0.3, -0.25) is 0 Å². The van der Waals surface area contributed by atoms with Crippen LogP contribution in [0, 0.1) is 6.92 Å². The smallest absolute Gasteiger partial charge is 0.344 e. The number of ether oxygens (including phenoxy) is 2. The highest BCUT2D eigenvalue weighted by atomic mass is 16.6. The second-order valence-electron chi connectivity index (χ2n) is 4.50. The third kappa shape index (κ3) is 4.31. The molecule has 4 heteroatoms. The van der Waals surface area contributed by atoms with Gasteiger partial charge in [0.15, 0.2) is 6.61 Å². The number of hydrogen-bond acceptors (Lipinski definition) is 4. The molecule has 4 nitrogen and oxygen atoms in total. The first-order chi connectivity index (χ1) is 9.63. The molecule has 0 atom stereocenters. The molecule has 2 rings (SSSR count). The average molecular weight is 271 g/mol. The Morgan fingerprint density at radius 1 is 1.05 bits per heavy atom. The van der Waals surface area contributed by atoms with Gasteiger partial charge in [-0.05, 0) is 36.8 Å². The first kappa shape index (κ1) is 13.9. The summed E-state index contributed by atoms with van der Waals surface area (Å²) in [5, 5.41) is 0. The highest BCUT2D eigenvalue weighted by Gasteiger charge is 2.04. The Morgan fingerprint density at radius 2 is 1.70 bits per heavy atom. The molecule has 0 radical (unpaired) electrons. The molecule has 0 aliphatic carbocycles. The van der Waals surface area contributed by atoms with Crippen LogP contribution in [0.25, 0.3) is 0 Å². The predicted molar refractivity (Wildman–Crippen MR) is 77.3 cm³/mol. The molecule has 0 saturated heterocycles. The third-order valence-electron chi connectivity index (χ3n) is 2.76. The van der Waals surface area contributed by atoms with Gasteiger partial charge in [-0.1, -0.05) is 29.8 Å². The Morgan fingerprint density at radius 3 is 2.35 bits per heavy atom. The molecular weight excluding hydrogens is 254 g/mol. The van der Waals surface area contributed by atoms with Crippen molar-refractivity contribution in [2.45, 2.75) is 13.5 Å². The number of hydrogen-bond donors (Lipinski definition) is 1. The van der Waals surface area contributed by atoms with E-state index in [0.29, 0.717) is 11.4 Å². The number of nitrogens with two attached hydrogens (primary N) is 1. The summed E-state index contributed by atoms with van der Waals surface area (Å²) in [7, 11) is 0. The summed E-state index contributed by atoms with van der Waals surface area (Å²) in [4.78, 5) is 11.6. The van der Waals surface area contributed by atoms with Crippen LogP contribution in [0.3, 0.4) is 0 Å². The number of benzene rings is 2. The van der Waals surface area contributed by atoms with E-state index in [1.54, 1.807) is 24.3 Å². The molecule has 2 aromatic carbocycles. The molecule has 2 N–H and O–H groups in total. The molecule has 0 heterocycles. The quantitative estimate of drug-likeness (QED) is 0.671. The van der Waals surface area contributed by atoms with Gasteiger partial charge in [-0.25, -0.2) is 4.79 Å². The van der Waals surface area contributed by atoms with E-state index in [4.69, 9.17) is 15.2 Å².